The average molecular weight is 208 g/mol. The quantitative estimate of drug-likeness (QED) is 0.601. The van der Waals surface area contributed by atoms with E-state index >= 15 is 0 Å². The number of Topliss-reactive ketones (excluding diaryl/α,β-unsaturated/α-hetero) is 1. The minimum atomic E-state index is -0.758. The summed E-state index contributed by atoms with van der Waals surface area (Å²) in [7, 11) is 1.59. The molecule has 0 saturated heterocycles. The monoisotopic (exact) mass is 208 g/mol. The zero-order valence-electron chi connectivity index (χ0n) is 9.66. The van der Waals surface area contributed by atoms with Crippen LogP contribution in [-0.2, 0) is 9.53 Å². The second-order valence-electron chi connectivity index (χ2n) is 3.95. The summed E-state index contributed by atoms with van der Waals surface area (Å²) in [4.78, 5) is 11.9. The molecule has 15 heavy (non-hydrogen) atoms. The van der Waals surface area contributed by atoms with Crippen molar-refractivity contribution in [3.8, 4) is 0 Å². The van der Waals surface area contributed by atoms with Gasteiger partial charge in [0, 0.05) is 13.5 Å². The van der Waals surface area contributed by atoms with E-state index in [2.05, 4.69) is 6.92 Å². The van der Waals surface area contributed by atoms with Gasteiger partial charge in [0.25, 0.3) is 0 Å². The predicted octanol–water partition coefficient (Wildman–Crippen LogP) is 3.04. The summed E-state index contributed by atoms with van der Waals surface area (Å²) in [6.45, 7) is 2.17. The maximum absolute atomic E-state index is 11.9. The molecule has 0 atom stereocenters. The SMILES string of the molecule is CCCCCCC(=O)C1(OC)C=CC=C1. The van der Waals surface area contributed by atoms with Gasteiger partial charge in [0.15, 0.2) is 11.4 Å². The molecule has 2 nitrogen and oxygen atoms in total. The van der Waals surface area contributed by atoms with E-state index in [4.69, 9.17) is 4.74 Å². The minimum absolute atomic E-state index is 0.172. The normalized spacial score (nSPS) is 17.2. The van der Waals surface area contributed by atoms with Crippen molar-refractivity contribution in [1.82, 2.24) is 0 Å². The molecule has 0 fully saturated rings. The van der Waals surface area contributed by atoms with Crippen molar-refractivity contribution in [2.75, 3.05) is 7.11 Å². The lowest BCUT2D eigenvalue weighted by Gasteiger charge is -2.21. The van der Waals surface area contributed by atoms with Crippen LogP contribution in [-0.4, -0.2) is 18.5 Å². The van der Waals surface area contributed by atoms with Gasteiger partial charge in [-0.05, 0) is 18.6 Å². The number of hydrogen-bond donors (Lipinski definition) is 0. The lowest BCUT2D eigenvalue weighted by molar-refractivity contribution is -0.131. The number of ether oxygens (including phenoxy) is 1. The second kappa shape index (κ2) is 5.86. The molecule has 0 unspecified atom stereocenters. The Morgan fingerprint density at radius 2 is 1.87 bits per heavy atom. The first kappa shape index (κ1) is 12.2. The van der Waals surface area contributed by atoms with Crippen LogP contribution in [0.25, 0.3) is 0 Å². The number of methoxy groups -OCH3 is 1. The largest absolute Gasteiger partial charge is 0.362 e. The van der Waals surface area contributed by atoms with Gasteiger partial charge in [-0.25, -0.2) is 0 Å². The van der Waals surface area contributed by atoms with Crippen molar-refractivity contribution in [2.24, 2.45) is 0 Å². The van der Waals surface area contributed by atoms with Crippen LogP contribution >= 0.6 is 0 Å². The molecule has 1 rings (SSSR count). The van der Waals surface area contributed by atoms with Gasteiger partial charge in [-0.1, -0.05) is 38.3 Å². The Hall–Kier alpha value is -0.890. The molecule has 0 saturated carbocycles. The molecular formula is C13H20O2. The molecule has 0 aromatic heterocycles. The average Bonchev–Trinajstić information content (AvgIpc) is 2.74. The van der Waals surface area contributed by atoms with Crippen LogP contribution in [0.1, 0.15) is 39.0 Å². The fourth-order valence-corrected chi connectivity index (χ4v) is 1.80. The van der Waals surface area contributed by atoms with Gasteiger partial charge in [-0.15, -0.1) is 0 Å². The Kier molecular flexibility index (Phi) is 4.76. The maximum atomic E-state index is 11.9. The fourth-order valence-electron chi connectivity index (χ4n) is 1.80. The molecule has 0 heterocycles. The number of unbranched alkanes of at least 4 members (excludes halogenated alkanes) is 3. The molecule has 0 spiro atoms. The molecule has 1 aliphatic rings. The zero-order chi connectivity index (χ0) is 11.1. The third-order valence-electron chi connectivity index (χ3n) is 2.83. The van der Waals surface area contributed by atoms with E-state index in [1.807, 2.05) is 24.3 Å². The Morgan fingerprint density at radius 1 is 1.20 bits per heavy atom. The highest BCUT2D eigenvalue weighted by Gasteiger charge is 2.33. The van der Waals surface area contributed by atoms with E-state index in [0.717, 1.165) is 12.8 Å². The lowest BCUT2D eigenvalue weighted by Crippen LogP contribution is -2.35. The first-order chi connectivity index (χ1) is 7.25. The van der Waals surface area contributed by atoms with Gasteiger partial charge in [0.1, 0.15) is 0 Å². The molecule has 84 valence electrons. The number of rotatable bonds is 7. The summed E-state index contributed by atoms with van der Waals surface area (Å²) < 4.78 is 5.29. The number of allylic oxidation sites excluding steroid dienone is 2. The van der Waals surface area contributed by atoms with Crippen LogP contribution in [0.5, 0.6) is 0 Å². The highest BCUT2D eigenvalue weighted by atomic mass is 16.5. The third kappa shape index (κ3) is 3.03. The van der Waals surface area contributed by atoms with Crippen LogP contribution in [0.15, 0.2) is 24.3 Å². The zero-order valence-corrected chi connectivity index (χ0v) is 9.66. The van der Waals surface area contributed by atoms with Crippen LogP contribution in [0, 0.1) is 0 Å². The van der Waals surface area contributed by atoms with Gasteiger partial charge in [-0.2, -0.15) is 0 Å². The molecule has 0 aromatic carbocycles. The summed E-state index contributed by atoms with van der Waals surface area (Å²) in [5.41, 5.74) is -0.758. The Labute approximate surface area is 92.0 Å². The van der Waals surface area contributed by atoms with E-state index in [0.29, 0.717) is 6.42 Å². The molecule has 0 N–H and O–H groups in total. The van der Waals surface area contributed by atoms with Crippen molar-refractivity contribution >= 4 is 5.78 Å². The highest BCUT2D eigenvalue weighted by molar-refractivity contribution is 5.92. The molecule has 0 radical (unpaired) electrons. The molecule has 2 heteroatoms. The van der Waals surface area contributed by atoms with Gasteiger partial charge < -0.3 is 4.74 Å². The molecule has 0 amide bonds. The molecular weight excluding hydrogens is 188 g/mol. The van der Waals surface area contributed by atoms with Crippen molar-refractivity contribution in [2.45, 2.75) is 44.6 Å². The van der Waals surface area contributed by atoms with Gasteiger partial charge in [-0.3, -0.25) is 4.79 Å². The first-order valence-electron chi connectivity index (χ1n) is 5.70. The van der Waals surface area contributed by atoms with Gasteiger partial charge in [0.2, 0.25) is 0 Å². The maximum Gasteiger partial charge on any atom is 0.172 e. The lowest BCUT2D eigenvalue weighted by atomic mass is 9.95. The van der Waals surface area contributed by atoms with Crippen molar-refractivity contribution < 1.29 is 9.53 Å². The summed E-state index contributed by atoms with van der Waals surface area (Å²) >= 11 is 0. The molecule has 0 aliphatic heterocycles. The molecule has 0 bridgehead atoms. The topological polar surface area (TPSA) is 26.3 Å². The smallest absolute Gasteiger partial charge is 0.172 e. The van der Waals surface area contributed by atoms with Crippen molar-refractivity contribution in [1.29, 1.82) is 0 Å². The summed E-state index contributed by atoms with van der Waals surface area (Å²) in [6.07, 6.45) is 12.5. The standard InChI is InChI=1S/C13H20O2/c1-3-4-5-6-9-12(14)13(15-2)10-7-8-11-13/h7-8,10-11H,3-6,9H2,1-2H3. The van der Waals surface area contributed by atoms with Crippen LogP contribution in [0.3, 0.4) is 0 Å². The number of ketones is 1. The van der Waals surface area contributed by atoms with Crippen molar-refractivity contribution in [3.05, 3.63) is 24.3 Å². The van der Waals surface area contributed by atoms with E-state index < -0.39 is 5.60 Å². The first-order valence-corrected chi connectivity index (χ1v) is 5.70. The molecule has 1 aliphatic carbocycles. The van der Waals surface area contributed by atoms with Crippen LogP contribution < -0.4 is 0 Å². The second-order valence-corrected chi connectivity index (χ2v) is 3.95. The van der Waals surface area contributed by atoms with E-state index in [1.165, 1.54) is 12.8 Å². The van der Waals surface area contributed by atoms with Crippen LogP contribution in [0.4, 0.5) is 0 Å². The summed E-state index contributed by atoms with van der Waals surface area (Å²) in [5, 5.41) is 0. The highest BCUT2D eigenvalue weighted by Crippen LogP contribution is 2.23. The summed E-state index contributed by atoms with van der Waals surface area (Å²) in [5.74, 6) is 0.172. The van der Waals surface area contributed by atoms with E-state index in [1.54, 1.807) is 7.11 Å². The van der Waals surface area contributed by atoms with Gasteiger partial charge in [0.05, 0.1) is 0 Å². The van der Waals surface area contributed by atoms with E-state index in [9.17, 15) is 4.79 Å². The minimum Gasteiger partial charge on any atom is -0.362 e. The van der Waals surface area contributed by atoms with Gasteiger partial charge >= 0.3 is 0 Å². The van der Waals surface area contributed by atoms with Crippen LogP contribution in [0.2, 0.25) is 0 Å². The number of carbonyl (C=O) groups excluding carboxylic acids is 1. The Morgan fingerprint density at radius 3 is 2.40 bits per heavy atom. The molecule has 0 aromatic rings. The van der Waals surface area contributed by atoms with Crippen molar-refractivity contribution in [3.63, 3.8) is 0 Å². The Bertz CT molecular complexity index is 252. The van der Waals surface area contributed by atoms with E-state index in [-0.39, 0.29) is 5.78 Å². The number of carbonyl (C=O) groups is 1. The fraction of sp³-hybridized carbons (Fsp3) is 0.615. The number of hydrogen-bond acceptors (Lipinski definition) is 2. The Balaban J connectivity index is 2.38. The third-order valence-corrected chi connectivity index (χ3v) is 2.83. The predicted molar refractivity (Wildman–Crippen MR) is 61.8 cm³/mol. The summed E-state index contributed by atoms with van der Waals surface area (Å²) in [6, 6.07) is 0.